The van der Waals surface area contributed by atoms with Crippen LogP contribution in [0.3, 0.4) is 0 Å². The van der Waals surface area contributed by atoms with Gasteiger partial charge in [-0.3, -0.25) is 0 Å². The van der Waals surface area contributed by atoms with Crippen molar-refractivity contribution >= 4 is 34.6 Å². The number of thioether (sulfide) groups is 1. The fourth-order valence-electron chi connectivity index (χ4n) is 2.97. The molecule has 1 N–H and O–H groups in total. The minimum Gasteiger partial charge on any atom is -0.488 e. The van der Waals surface area contributed by atoms with Crippen LogP contribution in [-0.2, 0) is 11.4 Å². The first kappa shape index (κ1) is 19.7. The normalized spacial score (nSPS) is 11.6. The molecule has 30 heavy (non-hydrogen) atoms. The Labute approximate surface area is 177 Å². The van der Waals surface area contributed by atoms with E-state index in [1.54, 1.807) is 13.0 Å². The number of fused-ring (bicyclic) bond motifs is 1. The number of aliphatic carboxylic acids is 1. The molecule has 7 heteroatoms. The standard InChI is InChI=1S/C23H18N2O4S/c1-15-24-25-23(29-15)30-21(22(26)27)13-19-18-10-6-5-9-17(18)11-12-20(19)28-14-16-7-3-2-4-8-16/h2-13H,14H2,1H3,(H,26,27)/b21-13-. The van der Waals surface area contributed by atoms with Crippen LogP contribution in [0.4, 0.5) is 0 Å². The predicted octanol–water partition coefficient (Wildman–Crippen LogP) is 5.33. The zero-order valence-electron chi connectivity index (χ0n) is 16.1. The maximum atomic E-state index is 11.9. The third-order valence-electron chi connectivity index (χ3n) is 4.36. The molecule has 4 aromatic rings. The van der Waals surface area contributed by atoms with E-state index in [0.29, 0.717) is 23.8 Å². The van der Waals surface area contributed by atoms with E-state index in [4.69, 9.17) is 9.15 Å². The summed E-state index contributed by atoms with van der Waals surface area (Å²) in [6, 6.07) is 21.4. The van der Waals surface area contributed by atoms with Crippen LogP contribution in [0.1, 0.15) is 17.0 Å². The maximum Gasteiger partial charge on any atom is 0.342 e. The van der Waals surface area contributed by atoms with Gasteiger partial charge in [0, 0.05) is 12.5 Å². The molecule has 3 aromatic carbocycles. The number of ether oxygens (including phenoxy) is 1. The third kappa shape index (κ3) is 4.52. The van der Waals surface area contributed by atoms with E-state index in [0.717, 1.165) is 28.1 Å². The summed E-state index contributed by atoms with van der Waals surface area (Å²) >= 11 is 0.910. The Morgan fingerprint density at radius 2 is 1.83 bits per heavy atom. The van der Waals surface area contributed by atoms with Crippen LogP contribution < -0.4 is 4.74 Å². The first-order chi connectivity index (χ1) is 14.6. The summed E-state index contributed by atoms with van der Waals surface area (Å²) in [4.78, 5) is 12.0. The molecule has 0 spiro atoms. The summed E-state index contributed by atoms with van der Waals surface area (Å²) in [6.07, 6.45) is 1.59. The van der Waals surface area contributed by atoms with E-state index in [1.165, 1.54) is 0 Å². The van der Waals surface area contributed by atoms with Gasteiger partial charge in [0.25, 0.3) is 5.22 Å². The highest BCUT2D eigenvalue weighted by Gasteiger charge is 2.17. The quantitative estimate of drug-likeness (QED) is 0.321. The number of rotatable bonds is 7. The van der Waals surface area contributed by atoms with E-state index in [2.05, 4.69) is 10.2 Å². The zero-order valence-corrected chi connectivity index (χ0v) is 16.9. The number of hydrogen-bond acceptors (Lipinski definition) is 6. The molecule has 0 aliphatic heterocycles. The van der Waals surface area contributed by atoms with Crippen LogP contribution in [0.15, 0.2) is 81.3 Å². The number of nitrogens with zero attached hydrogens (tertiary/aromatic N) is 2. The van der Waals surface area contributed by atoms with Crippen molar-refractivity contribution in [2.75, 3.05) is 0 Å². The second kappa shape index (κ2) is 8.84. The van der Waals surface area contributed by atoms with E-state index < -0.39 is 5.97 Å². The topological polar surface area (TPSA) is 85.5 Å². The van der Waals surface area contributed by atoms with Crippen LogP contribution >= 0.6 is 11.8 Å². The van der Waals surface area contributed by atoms with Gasteiger partial charge in [-0.2, -0.15) is 0 Å². The average Bonchev–Trinajstić information content (AvgIpc) is 3.17. The highest BCUT2D eigenvalue weighted by Crippen LogP contribution is 2.34. The Bertz CT molecular complexity index is 1220. The lowest BCUT2D eigenvalue weighted by Crippen LogP contribution is -2.00. The molecular weight excluding hydrogens is 400 g/mol. The number of aryl methyl sites for hydroxylation is 1. The monoisotopic (exact) mass is 418 g/mol. The second-order valence-corrected chi connectivity index (χ2v) is 7.47. The number of carboxylic acids is 1. The molecule has 0 amide bonds. The molecule has 0 aliphatic rings. The van der Waals surface area contributed by atoms with Crippen LogP contribution in [0.25, 0.3) is 16.8 Å². The van der Waals surface area contributed by atoms with Crippen LogP contribution in [-0.4, -0.2) is 21.3 Å². The summed E-state index contributed by atoms with van der Waals surface area (Å²) in [5.74, 6) is -0.115. The van der Waals surface area contributed by atoms with Crippen molar-refractivity contribution < 1.29 is 19.1 Å². The molecule has 0 radical (unpaired) electrons. The third-order valence-corrected chi connectivity index (χ3v) is 5.21. The number of carbonyl (C=O) groups is 1. The van der Waals surface area contributed by atoms with Crippen molar-refractivity contribution in [1.82, 2.24) is 10.2 Å². The van der Waals surface area contributed by atoms with Gasteiger partial charge in [-0.15, -0.1) is 10.2 Å². The Hall–Kier alpha value is -3.58. The SMILES string of the molecule is Cc1nnc(S/C(=C\c2c(OCc3ccccc3)ccc3ccccc23)C(=O)O)o1. The molecule has 150 valence electrons. The van der Waals surface area contributed by atoms with Gasteiger partial charge in [0.1, 0.15) is 17.3 Å². The number of carboxylic acid groups (broad SMARTS) is 1. The summed E-state index contributed by atoms with van der Waals surface area (Å²) < 4.78 is 11.4. The van der Waals surface area contributed by atoms with Gasteiger partial charge in [-0.25, -0.2) is 4.79 Å². The lowest BCUT2D eigenvalue weighted by atomic mass is 10.0. The Kier molecular flexibility index (Phi) is 5.81. The van der Waals surface area contributed by atoms with Crippen LogP contribution in [0, 0.1) is 6.92 Å². The second-order valence-electron chi connectivity index (χ2n) is 6.48. The molecule has 0 saturated heterocycles. The number of hydrogen-bond donors (Lipinski definition) is 1. The van der Waals surface area contributed by atoms with Crippen LogP contribution in [0.2, 0.25) is 0 Å². The molecule has 4 rings (SSSR count). The smallest absolute Gasteiger partial charge is 0.342 e. The molecular formula is C23H18N2O4S. The van der Waals surface area contributed by atoms with E-state index in [1.807, 2.05) is 66.7 Å². The van der Waals surface area contributed by atoms with Gasteiger partial charge >= 0.3 is 5.97 Å². The predicted molar refractivity (Wildman–Crippen MR) is 115 cm³/mol. The van der Waals surface area contributed by atoms with Crippen LogP contribution in [0.5, 0.6) is 5.75 Å². The summed E-state index contributed by atoms with van der Waals surface area (Å²) in [7, 11) is 0. The minimum absolute atomic E-state index is 0.0552. The van der Waals surface area contributed by atoms with Gasteiger partial charge in [-0.1, -0.05) is 60.7 Å². The van der Waals surface area contributed by atoms with E-state index in [9.17, 15) is 9.90 Å². The van der Waals surface area contributed by atoms with Crippen molar-refractivity contribution in [3.05, 3.63) is 88.7 Å². The molecule has 0 aliphatic carbocycles. The summed E-state index contributed by atoms with van der Waals surface area (Å²) in [5.41, 5.74) is 1.71. The Morgan fingerprint density at radius 1 is 1.07 bits per heavy atom. The molecule has 0 fully saturated rings. The van der Waals surface area contributed by atoms with Crippen molar-refractivity contribution in [3.63, 3.8) is 0 Å². The largest absolute Gasteiger partial charge is 0.488 e. The molecule has 0 bridgehead atoms. The van der Waals surface area contributed by atoms with Crippen molar-refractivity contribution in [2.24, 2.45) is 0 Å². The van der Waals surface area contributed by atoms with Gasteiger partial charge in [0.2, 0.25) is 5.89 Å². The first-order valence-electron chi connectivity index (χ1n) is 9.21. The summed E-state index contributed by atoms with van der Waals surface area (Å²) in [6.45, 7) is 2.03. The van der Waals surface area contributed by atoms with Gasteiger partial charge in [0.05, 0.1) is 0 Å². The fourth-order valence-corrected chi connectivity index (χ4v) is 3.66. The highest BCUT2D eigenvalue weighted by molar-refractivity contribution is 8.03. The van der Waals surface area contributed by atoms with Gasteiger partial charge < -0.3 is 14.3 Å². The number of aromatic nitrogens is 2. The van der Waals surface area contributed by atoms with E-state index >= 15 is 0 Å². The van der Waals surface area contributed by atoms with Gasteiger partial charge in [0.15, 0.2) is 0 Å². The number of benzene rings is 3. The highest BCUT2D eigenvalue weighted by atomic mass is 32.2. The Balaban J connectivity index is 1.75. The van der Waals surface area contributed by atoms with Crippen molar-refractivity contribution in [1.29, 1.82) is 0 Å². The van der Waals surface area contributed by atoms with Crippen molar-refractivity contribution in [2.45, 2.75) is 18.8 Å². The van der Waals surface area contributed by atoms with E-state index in [-0.39, 0.29) is 10.1 Å². The molecule has 1 heterocycles. The lowest BCUT2D eigenvalue weighted by molar-refractivity contribution is -0.131. The molecule has 0 saturated carbocycles. The molecule has 0 atom stereocenters. The zero-order chi connectivity index (χ0) is 20.9. The van der Waals surface area contributed by atoms with Gasteiger partial charge in [-0.05, 0) is 40.2 Å². The molecule has 1 aromatic heterocycles. The fraction of sp³-hybridized carbons (Fsp3) is 0.0870. The first-order valence-corrected chi connectivity index (χ1v) is 10.0. The molecule has 6 nitrogen and oxygen atoms in total. The Morgan fingerprint density at radius 3 is 2.57 bits per heavy atom. The maximum absolute atomic E-state index is 11.9. The molecule has 0 unspecified atom stereocenters. The summed E-state index contributed by atoms with van der Waals surface area (Å²) in [5, 5.41) is 19.4. The lowest BCUT2D eigenvalue weighted by Gasteiger charge is -2.13. The average molecular weight is 418 g/mol. The minimum atomic E-state index is -1.09. The van der Waals surface area contributed by atoms with Crippen molar-refractivity contribution in [3.8, 4) is 5.75 Å².